The summed E-state index contributed by atoms with van der Waals surface area (Å²) in [6.07, 6.45) is 8.16. The lowest BCUT2D eigenvalue weighted by molar-refractivity contribution is 0.399. The first kappa shape index (κ1) is 24.2. The van der Waals surface area contributed by atoms with Crippen LogP contribution < -0.4 is 16.0 Å². The van der Waals surface area contributed by atoms with E-state index in [9.17, 15) is 0 Å². The number of allylic oxidation sites excluding steroid dienone is 3. The molecule has 0 bridgehead atoms. The molecule has 3 aliphatic rings. The maximum absolute atomic E-state index is 7.00. The molecule has 4 heteroatoms. The second kappa shape index (κ2) is 11.4. The molecular weight excluding hydrogens is 394 g/mol. The van der Waals surface area contributed by atoms with Crippen molar-refractivity contribution in [3.63, 3.8) is 0 Å². The van der Waals surface area contributed by atoms with Crippen LogP contribution >= 0.6 is 0 Å². The number of aliphatic hydroxyl groups excluding tert-OH is 1. The van der Waals surface area contributed by atoms with Gasteiger partial charge >= 0.3 is 0 Å². The molecule has 2 atom stereocenters. The average Bonchev–Trinajstić information content (AvgIpc) is 3.61. The van der Waals surface area contributed by atoms with Gasteiger partial charge in [-0.1, -0.05) is 56.0 Å². The van der Waals surface area contributed by atoms with Crippen LogP contribution in [-0.4, -0.2) is 31.9 Å². The average molecular weight is 436 g/mol. The molecule has 4 nitrogen and oxygen atoms in total. The molecule has 4 rings (SSSR count). The van der Waals surface area contributed by atoms with Gasteiger partial charge in [-0.05, 0) is 62.0 Å². The highest BCUT2D eigenvalue weighted by atomic mass is 16.2. The van der Waals surface area contributed by atoms with Crippen LogP contribution in [0.25, 0.3) is 0 Å². The second-order valence-corrected chi connectivity index (χ2v) is 9.24. The fraction of sp³-hybridized carbons (Fsp3) is 0.500. The number of aliphatic hydroxyl groups is 1. The summed E-state index contributed by atoms with van der Waals surface area (Å²) < 4.78 is 0. The lowest BCUT2D eigenvalue weighted by Crippen LogP contribution is -2.32. The molecule has 1 aromatic rings. The summed E-state index contributed by atoms with van der Waals surface area (Å²) in [5, 5.41) is 17.9. The van der Waals surface area contributed by atoms with Crippen molar-refractivity contribution in [3.05, 3.63) is 82.9 Å². The molecule has 0 amide bonds. The molecule has 1 saturated carbocycles. The van der Waals surface area contributed by atoms with Gasteiger partial charge in [-0.25, -0.2) is 0 Å². The van der Waals surface area contributed by atoms with Crippen molar-refractivity contribution < 1.29 is 5.11 Å². The molecular formula is C28H41N3O. The topological polar surface area (TPSA) is 56.3 Å². The molecule has 3 aliphatic carbocycles. The third-order valence-electron chi connectivity index (χ3n) is 6.97. The van der Waals surface area contributed by atoms with Gasteiger partial charge in [0.05, 0.1) is 0 Å². The van der Waals surface area contributed by atoms with Crippen LogP contribution in [0.15, 0.2) is 77.3 Å². The van der Waals surface area contributed by atoms with Crippen LogP contribution in [0.3, 0.4) is 0 Å². The van der Waals surface area contributed by atoms with E-state index in [0.717, 1.165) is 56.6 Å². The van der Waals surface area contributed by atoms with Crippen LogP contribution in [0.2, 0.25) is 0 Å². The Morgan fingerprint density at radius 1 is 1.09 bits per heavy atom. The Kier molecular flexibility index (Phi) is 8.63. The molecule has 0 heterocycles. The van der Waals surface area contributed by atoms with Crippen LogP contribution in [0.5, 0.6) is 0 Å². The van der Waals surface area contributed by atoms with Gasteiger partial charge in [-0.15, -0.1) is 0 Å². The van der Waals surface area contributed by atoms with Crippen molar-refractivity contribution in [2.75, 3.05) is 20.7 Å². The summed E-state index contributed by atoms with van der Waals surface area (Å²) in [6, 6.07) is 11.1. The molecule has 1 aromatic carbocycles. The lowest BCUT2D eigenvalue weighted by atomic mass is 9.84. The van der Waals surface area contributed by atoms with Crippen molar-refractivity contribution in [1.82, 2.24) is 16.0 Å². The van der Waals surface area contributed by atoms with E-state index < -0.39 is 0 Å². The predicted molar refractivity (Wildman–Crippen MR) is 135 cm³/mol. The minimum atomic E-state index is 0.460. The molecule has 0 spiro atoms. The zero-order valence-corrected chi connectivity index (χ0v) is 20.1. The number of benzene rings is 1. The zero-order chi connectivity index (χ0) is 23.1. The third kappa shape index (κ3) is 5.86. The smallest absolute Gasteiger partial charge is 0.0361 e. The molecule has 1 fully saturated rings. The Balaban J connectivity index is 0.00000141. The van der Waals surface area contributed by atoms with E-state index in [1.165, 1.54) is 41.7 Å². The van der Waals surface area contributed by atoms with E-state index in [2.05, 4.69) is 73.4 Å². The van der Waals surface area contributed by atoms with Crippen molar-refractivity contribution in [3.8, 4) is 0 Å². The standard InChI is InChI=1S/C27H37N3.CH4O/c1-18(10-11-21-8-6-5-7-9-21)30-23-14-15-24-19(2)27(28-4)26(25(24)16-23)20(3)29-17-22-12-13-22;1-2/h5-9,19,22-23,28-30H,1,3,10-17H2,2,4H3;2H,1H3. The minimum absolute atomic E-state index is 0.460. The first-order valence-electron chi connectivity index (χ1n) is 12.1. The van der Waals surface area contributed by atoms with Crippen molar-refractivity contribution >= 4 is 0 Å². The van der Waals surface area contributed by atoms with Gasteiger partial charge < -0.3 is 21.1 Å². The van der Waals surface area contributed by atoms with E-state index in [1.54, 1.807) is 5.57 Å². The number of hydrogen-bond acceptors (Lipinski definition) is 4. The van der Waals surface area contributed by atoms with E-state index in [1.807, 2.05) is 0 Å². The summed E-state index contributed by atoms with van der Waals surface area (Å²) in [5.74, 6) is 1.32. The fourth-order valence-corrected chi connectivity index (χ4v) is 5.04. The quantitative estimate of drug-likeness (QED) is 0.426. The molecule has 0 saturated heterocycles. The Morgan fingerprint density at radius 2 is 1.81 bits per heavy atom. The Bertz CT molecular complexity index is 864. The molecule has 174 valence electrons. The minimum Gasteiger partial charge on any atom is -0.400 e. The molecule has 0 aliphatic heterocycles. The van der Waals surface area contributed by atoms with Crippen LogP contribution in [0.4, 0.5) is 0 Å². The highest BCUT2D eigenvalue weighted by molar-refractivity contribution is 5.58. The molecule has 0 aromatic heterocycles. The van der Waals surface area contributed by atoms with E-state index >= 15 is 0 Å². The molecule has 32 heavy (non-hydrogen) atoms. The summed E-state index contributed by atoms with van der Waals surface area (Å²) in [7, 11) is 3.06. The highest BCUT2D eigenvalue weighted by Crippen LogP contribution is 2.45. The molecule has 0 radical (unpaired) electrons. The Morgan fingerprint density at radius 3 is 2.47 bits per heavy atom. The van der Waals surface area contributed by atoms with Gasteiger partial charge in [0.1, 0.15) is 0 Å². The summed E-state index contributed by atoms with van der Waals surface area (Å²) in [4.78, 5) is 0. The van der Waals surface area contributed by atoms with Crippen LogP contribution in [0.1, 0.15) is 51.0 Å². The van der Waals surface area contributed by atoms with Gasteiger partial charge in [0.25, 0.3) is 0 Å². The number of aryl methyl sites for hydroxylation is 1. The highest BCUT2D eigenvalue weighted by Gasteiger charge is 2.36. The van der Waals surface area contributed by atoms with Gasteiger partial charge in [0, 0.05) is 55.3 Å². The summed E-state index contributed by atoms with van der Waals surface area (Å²) in [6.45, 7) is 12.2. The largest absolute Gasteiger partial charge is 0.400 e. The SMILES string of the molecule is C=C(CCc1ccccc1)NC1CCC2=C(C1)C(C(=C)NCC1CC1)=C(NC)C2C.CO. The monoisotopic (exact) mass is 435 g/mol. The van der Waals surface area contributed by atoms with Crippen molar-refractivity contribution in [2.24, 2.45) is 11.8 Å². The van der Waals surface area contributed by atoms with E-state index in [-0.39, 0.29) is 0 Å². The zero-order valence-electron chi connectivity index (χ0n) is 20.1. The number of hydrogen-bond donors (Lipinski definition) is 4. The Hall–Kier alpha value is -2.46. The van der Waals surface area contributed by atoms with Crippen molar-refractivity contribution in [1.29, 1.82) is 0 Å². The van der Waals surface area contributed by atoms with Crippen LogP contribution in [-0.2, 0) is 6.42 Å². The molecule has 4 N–H and O–H groups in total. The van der Waals surface area contributed by atoms with Gasteiger partial charge in [0.15, 0.2) is 0 Å². The van der Waals surface area contributed by atoms with Gasteiger partial charge in [0.2, 0.25) is 0 Å². The van der Waals surface area contributed by atoms with E-state index in [0.29, 0.717) is 12.0 Å². The van der Waals surface area contributed by atoms with Gasteiger partial charge in [-0.3, -0.25) is 0 Å². The number of nitrogens with one attached hydrogen (secondary N) is 3. The first-order valence-corrected chi connectivity index (χ1v) is 12.1. The third-order valence-corrected chi connectivity index (χ3v) is 6.97. The molecule has 2 unspecified atom stereocenters. The maximum atomic E-state index is 7.00. The Labute approximate surface area is 194 Å². The van der Waals surface area contributed by atoms with Crippen LogP contribution in [0, 0.1) is 11.8 Å². The second-order valence-electron chi connectivity index (χ2n) is 9.24. The lowest BCUT2D eigenvalue weighted by Gasteiger charge is -2.29. The number of rotatable bonds is 10. The predicted octanol–water partition coefficient (Wildman–Crippen LogP) is 4.82. The summed E-state index contributed by atoms with van der Waals surface area (Å²) >= 11 is 0. The fourth-order valence-electron chi connectivity index (χ4n) is 5.04. The first-order chi connectivity index (χ1) is 15.6. The summed E-state index contributed by atoms with van der Waals surface area (Å²) in [5.41, 5.74) is 9.45. The van der Waals surface area contributed by atoms with Gasteiger partial charge in [-0.2, -0.15) is 0 Å². The maximum Gasteiger partial charge on any atom is 0.0361 e. The van der Waals surface area contributed by atoms with Crippen molar-refractivity contribution in [2.45, 2.75) is 57.9 Å². The van der Waals surface area contributed by atoms with E-state index in [4.69, 9.17) is 5.11 Å². The normalized spacial score (nSPS) is 22.0.